The molecule has 0 spiro atoms. The van der Waals surface area contributed by atoms with Crippen LogP contribution in [0.15, 0.2) is 0 Å². The van der Waals surface area contributed by atoms with Crippen molar-refractivity contribution in [1.82, 2.24) is 15.0 Å². The Morgan fingerprint density at radius 2 is 1.90 bits per heavy atom. The second-order valence-corrected chi connectivity index (χ2v) is 5.18. The molecular formula is C14H25ClN4O. The summed E-state index contributed by atoms with van der Waals surface area (Å²) < 4.78 is 5.47. The standard InChI is InChI=1S/C14H25ClN4O/c1-5-8-9-19(11(4)7-3)13-16-12(15)17-14(18-13)20-10-6-2/h11H,5-10H2,1-4H3. The Morgan fingerprint density at radius 3 is 2.50 bits per heavy atom. The van der Waals surface area contributed by atoms with Crippen LogP contribution in [0.4, 0.5) is 5.95 Å². The van der Waals surface area contributed by atoms with Crippen molar-refractivity contribution in [3.63, 3.8) is 0 Å². The van der Waals surface area contributed by atoms with Gasteiger partial charge in [-0.3, -0.25) is 0 Å². The fourth-order valence-corrected chi connectivity index (χ4v) is 1.92. The largest absolute Gasteiger partial charge is 0.463 e. The Bertz CT molecular complexity index is 403. The molecule has 1 atom stereocenters. The van der Waals surface area contributed by atoms with Gasteiger partial charge in [-0.15, -0.1) is 0 Å². The van der Waals surface area contributed by atoms with Crippen LogP contribution >= 0.6 is 11.6 Å². The molecule has 1 aromatic rings. The molecule has 0 aliphatic heterocycles. The third-order valence-electron chi connectivity index (χ3n) is 3.14. The summed E-state index contributed by atoms with van der Waals surface area (Å²) in [6.45, 7) is 10.0. The van der Waals surface area contributed by atoms with E-state index in [-0.39, 0.29) is 5.28 Å². The van der Waals surface area contributed by atoms with Gasteiger partial charge in [0.15, 0.2) is 0 Å². The smallest absolute Gasteiger partial charge is 0.322 e. The molecule has 1 aromatic heterocycles. The number of ether oxygens (including phenoxy) is 1. The SMILES string of the molecule is CCCCN(c1nc(Cl)nc(OCCC)n1)C(C)CC. The summed E-state index contributed by atoms with van der Waals surface area (Å²) in [4.78, 5) is 14.8. The van der Waals surface area contributed by atoms with Crippen molar-refractivity contribution in [2.75, 3.05) is 18.1 Å². The Kier molecular flexibility index (Phi) is 7.59. The summed E-state index contributed by atoms with van der Waals surface area (Å²) in [7, 11) is 0. The normalized spacial score (nSPS) is 12.2. The van der Waals surface area contributed by atoms with E-state index in [0.717, 1.165) is 32.2 Å². The van der Waals surface area contributed by atoms with Gasteiger partial charge in [-0.25, -0.2) is 0 Å². The highest BCUT2D eigenvalue weighted by atomic mass is 35.5. The quantitative estimate of drug-likeness (QED) is 0.695. The molecule has 0 amide bonds. The van der Waals surface area contributed by atoms with Gasteiger partial charge in [0.1, 0.15) is 0 Å². The maximum absolute atomic E-state index is 5.99. The van der Waals surface area contributed by atoms with E-state index in [1.54, 1.807) is 0 Å². The van der Waals surface area contributed by atoms with Crippen molar-refractivity contribution in [1.29, 1.82) is 0 Å². The monoisotopic (exact) mass is 300 g/mol. The van der Waals surface area contributed by atoms with Crippen LogP contribution in [-0.2, 0) is 0 Å². The minimum absolute atomic E-state index is 0.186. The van der Waals surface area contributed by atoms with Crippen LogP contribution in [0.1, 0.15) is 53.4 Å². The first-order chi connectivity index (χ1) is 9.62. The average Bonchev–Trinajstić information content (AvgIpc) is 2.44. The summed E-state index contributed by atoms with van der Waals surface area (Å²) in [5.74, 6) is 0.610. The van der Waals surface area contributed by atoms with Crippen LogP contribution in [0.3, 0.4) is 0 Å². The number of unbranched alkanes of at least 4 members (excludes halogenated alkanes) is 1. The molecule has 0 bridgehead atoms. The number of nitrogens with zero attached hydrogens (tertiary/aromatic N) is 4. The van der Waals surface area contributed by atoms with Gasteiger partial charge in [0.05, 0.1) is 6.61 Å². The summed E-state index contributed by atoms with van der Waals surface area (Å²) in [6.07, 6.45) is 4.16. The molecule has 0 aromatic carbocycles. The predicted octanol–water partition coefficient (Wildman–Crippen LogP) is 3.72. The zero-order chi connectivity index (χ0) is 15.0. The highest BCUT2D eigenvalue weighted by Crippen LogP contribution is 2.19. The van der Waals surface area contributed by atoms with E-state index in [9.17, 15) is 0 Å². The van der Waals surface area contributed by atoms with Gasteiger partial charge in [0.2, 0.25) is 11.2 Å². The van der Waals surface area contributed by atoms with Crippen molar-refractivity contribution in [3.8, 4) is 6.01 Å². The van der Waals surface area contributed by atoms with E-state index in [1.165, 1.54) is 0 Å². The molecule has 0 aliphatic rings. The molecule has 0 fully saturated rings. The fourth-order valence-electron chi connectivity index (χ4n) is 1.77. The molecule has 0 saturated heterocycles. The van der Waals surface area contributed by atoms with Crippen LogP contribution in [0, 0.1) is 0 Å². The van der Waals surface area contributed by atoms with E-state index >= 15 is 0 Å². The highest BCUT2D eigenvalue weighted by Gasteiger charge is 2.17. The van der Waals surface area contributed by atoms with E-state index in [0.29, 0.717) is 24.6 Å². The van der Waals surface area contributed by atoms with E-state index in [2.05, 4.69) is 40.6 Å². The molecule has 1 unspecified atom stereocenters. The van der Waals surface area contributed by atoms with Crippen molar-refractivity contribution in [3.05, 3.63) is 5.28 Å². The van der Waals surface area contributed by atoms with Crippen LogP contribution in [0.2, 0.25) is 5.28 Å². The van der Waals surface area contributed by atoms with Crippen molar-refractivity contribution >= 4 is 17.5 Å². The second-order valence-electron chi connectivity index (χ2n) is 4.84. The first kappa shape index (κ1) is 17.0. The maximum Gasteiger partial charge on any atom is 0.322 e. The Labute approximate surface area is 126 Å². The Morgan fingerprint density at radius 1 is 1.15 bits per heavy atom. The molecule has 1 heterocycles. The summed E-state index contributed by atoms with van der Waals surface area (Å²) in [5, 5.41) is 0.186. The van der Waals surface area contributed by atoms with Gasteiger partial charge < -0.3 is 9.64 Å². The van der Waals surface area contributed by atoms with Gasteiger partial charge >= 0.3 is 6.01 Å². The first-order valence-corrected chi connectivity index (χ1v) is 7.81. The third kappa shape index (κ3) is 5.12. The lowest BCUT2D eigenvalue weighted by Gasteiger charge is -2.28. The summed E-state index contributed by atoms with van der Waals surface area (Å²) >= 11 is 5.99. The first-order valence-electron chi connectivity index (χ1n) is 7.43. The number of rotatable bonds is 9. The third-order valence-corrected chi connectivity index (χ3v) is 3.31. The number of hydrogen-bond acceptors (Lipinski definition) is 5. The lowest BCUT2D eigenvalue weighted by molar-refractivity contribution is 0.291. The van der Waals surface area contributed by atoms with Crippen LogP contribution < -0.4 is 9.64 Å². The maximum atomic E-state index is 5.99. The number of anilines is 1. The average molecular weight is 301 g/mol. The number of aromatic nitrogens is 3. The van der Waals surface area contributed by atoms with Crippen LogP contribution in [-0.4, -0.2) is 34.1 Å². The van der Waals surface area contributed by atoms with Gasteiger partial charge in [-0.05, 0) is 37.8 Å². The van der Waals surface area contributed by atoms with Gasteiger partial charge in [-0.1, -0.05) is 27.2 Å². The molecule has 6 heteroatoms. The molecule has 0 N–H and O–H groups in total. The molecular weight excluding hydrogens is 276 g/mol. The Hall–Kier alpha value is -1.10. The van der Waals surface area contributed by atoms with E-state index in [1.807, 2.05) is 6.92 Å². The molecule has 0 radical (unpaired) electrons. The minimum Gasteiger partial charge on any atom is -0.463 e. The zero-order valence-electron chi connectivity index (χ0n) is 12.9. The topological polar surface area (TPSA) is 51.1 Å². The van der Waals surface area contributed by atoms with Gasteiger partial charge in [0.25, 0.3) is 0 Å². The van der Waals surface area contributed by atoms with Crippen molar-refractivity contribution in [2.24, 2.45) is 0 Å². The van der Waals surface area contributed by atoms with Crippen molar-refractivity contribution < 1.29 is 4.74 Å². The van der Waals surface area contributed by atoms with Crippen LogP contribution in [0.25, 0.3) is 0 Å². The van der Waals surface area contributed by atoms with Gasteiger partial charge in [-0.2, -0.15) is 15.0 Å². The van der Waals surface area contributed by atoms with Crippen LogP contribution in [0.5, 0.6) is 6.01 Å². The molecule has 0 saturated carbocycles. The molecule has 20 heavy (non-hydrogen) atoms. The molecule has 114 valence electrons. The van der Waals surface area contributed by atoms with Crippen molar-refractivity contribution in [2.45, 2.75) is 59.4 Å². The molecule has 5 nitrogen and oxygen atoms in total. The summed E-state index contributed by atoms with van der Waals surface area (Å²) in [5.41, 5.74) is 0. The predicted molar refractivity (Wildman–Crippen MR) is 82.6 cm³/mol. The second kappa shape index (κ2) is 8.95. The number of halogens is 1. The van der Waals surface area contributed by atoms with Gasteiger partial charge in [0, 0.05) is 12.6 Å². The highest BCUT2D eigenvalue weighted by molar-refractivity contribution is 6.28. The van der Waals surface area contributed by atoms with E-state index < -0.39 is 0 Å². The lowest BCUT2D eigenvalue weighted by atomic mass is 10.2. The molecule has 1 rings (SSSR count). The van der Waals surface area contributed by atoms with E-state index in [4.69, 9.17) is 16.3 Å². The Balaban J connectivity index is 2.95. The molecule has 0 aliphatic carbocycles. The number of hydrogen-bond donors (Lipinski definition) is 0. The zero-order valence-corrected chi connectivity index (χ0v) is 13.7. The fraction of sp³-hybridized carbons (Fsp3) is 0.786. The summed E-state index contributed by atoms with van der Waals surface area (Å²) in [6, 6.07) is 0.672. The lowest BCUT2D eigenvalue weighted by Crippen LogP contribution is -2.35. The minimum atomic E-state index is 0.186.